The second-order valence-corrected chi connectivity index (χ2v) is 4.56. The van der Waals surface area contributed by atoms with Gasteiger partial charge in [0.2, 0.25) is 5.91 Å². The summed E-state index contributed by atoms with van der Waals surface area (Å²) in [6.07, 6.45) is 1.78. The lowest BCUT2D eigenvalue weighted by atomic mass is 9.98. The third-order valence-electron chi connectivity index (χ3n) is 3.09. The van der Waals surface area contributed by atoms with Gasteiger partial charge >= 0.3 is 0 Å². The normalized spacial score (nSPS) is 20.5. The fourth-order valence-electron chi connectivity index (χ4n) is 1.91. The second-order valence-electron chi connectivity index (χ2n) is 4.56. The summed E-state index contributed by atoms with van der Waals surface area (Å²) in [7, 11) is 0. The van der Waals surface area contributed by atoms with Crippen LogP contribution in [0.1, 0.15) is 19.5 Å². The molecule has 1 aliphatic rings. The Hall–Kier alpha value is -1.42. The molecule has 0 atom stereocenters. The van der Waals surface area contributed by atoms with Crippen molar-refractivity contribution in [2.75, 3.05) is 13.1 Å². The zero-order chi connectivity index (χ0) is 11.6. The predicted octanol–water partition coefficient (Wildman–Crippen LogP) is 0.792. The van der Waals surface area contributed by atoms with Crippen molar-refractivity contribution in [3.05, 3.63) is 30.1 Å². The number of nitrogens with zero attached hydrogens (tertiary/aromatic N) is 2. The molecule has 4 nitrogen and oxygen atoms in total. The first-order valence-corrected chi connectivity index (χ1v) is 5.54. The maximum atomic E-state index is 11.7. The van der Waals surface area contributed by atoms with Crippen LogP contribution in [0.25, 0.3) is 0 Å². The van der Waals surface area contributed by atoms with Crippen molar-refractivity contribution in [2.45, 2.75) is 25.9 Å². The quantitative estimate of drug-likeness (QED) is 0.800. The van der Waals surface area contributed by atoms with Gasteiger partial charge in [-0.25, -0.2) is 0 Å². The van der Waals surface area contributed by atoms with Crippen molar-refractivity contribution >= 4 is 5.91 Å². The highest BCUT2D eigenvalue weighted by atomic mass is 16.2. The molecule has 0 unspecified atom stereocenters. The highest BCUT2D eigenvalue weighted by Gasteiger charge is 2.37. The lowest BCUT2D eigenvalue weighted by molar-refractivity contribution is -0.135. The average molecular weight is 219 g/mol. The number of piperazine rings is 1. The van der Waals surface area contributed by atoms with Gasteiger partial charge in [0.1, 0.15) is 0 Å². The van der Waals surface area contributed by atoms with Gasteiger partial charge in [0, 0.05) is 25.8 Å². The number of hydrogen-bond donors (Lipinski definition) is 1. The molecule has 1 aromatic heterocycles. The van der Waals surface area contributed by atoms with Crippen LogP contribution in [0, 0.1) is 0 Å². The Bertz CT molecular complexity index is 375. The number of hydrogen-bond acceptors (Lipinski definition) is 3. The molecule has 1 N–H and O–H groups in total. The van der Waals surface area contributed by atoms with Crippen molar-refractivity contribution < 1.29 is 4.79 Å². The summed E-state index contributed by atoms with van der Waals surface area (Å²) in [6, 6.07) is 5.86. The summed E-state index contributed by atoms with van der Waals surface area (Å²) < 4.78 is 0. The lowest BCUT2D eigenvalue weighted by Crippen LogP contribution is -2.61. The fraction of sp³-hybridized carbons (Fsp3) is 0.500. The summed E-state index contributed by atoms with van der Waals surface area (Å²) in [5.74, 6) is 0.0923. The van der Waals surface area contributed by atoms with E-state index < -0.39 is 5.54 Å². The zero-order valence-electron chi connectivity index (χ0n) is 9.73. The first-order valence-electron chi connectivity index (χ1n) is 5.54. The van der Waals surface area contributed by atoms with E-state index in [1.165, 1.54) is 0 Å². The Balaban J connectivity index is 2.12. The summed E-state index contributed by atoms with van der Waals surface area (Å²) in [5.41, 5.74) is 0.556. The Morgan fingerprint density at radius 2 is 2.31 bits per heavy atom. The largest absolute Gasteiger partial charge is 0.353 e. The van der Waals surface area contributed by atoms with E-state index >= 15 is 0 Å². The van der Waals surface area contributed by atoms with Gasteiger partial charge < -0.3 is 5.32 Å². The molecule has 4 heteroatoms. The van der Waals surface area contributed by atoms with Crippen molar-refractivity contribution in [2.24, 2.45) is 0 Å². The van der Waals surface area contributed by atoms with E-state index in [4.69, 9.17) is 0 Å². The minimum atomic E-state index is -0.449. The molecule has 0 aromatic carbocycles. The molecule has 1 saturated heterocycles. The van der Waals surface area contributed by atoms with Crippen LogP contribution < -0.4 is 5.32 Å². The molecule has 0 aliphatic carbocycles. The second kappa shape index (κ2) is 4.22. The van der Waals surface area contributed by atoms with E-state index in [2.05, 4.69) is 15.2 Å². The molecule has 1 amide bonds. The van der Waals surface area contributed by atoms with Crippen LogP contribution in [0.2, 0.25) is 0 Å². The van der Waals surface area contributed by atoms with Crippen LogP contribution in [-0.4, -0.2) is 34.4 Å². The summed E-state index contributed by atoms with van der Waals surface area (Å²) >= 11 is 0. The predicted molar refractivity (Wildman–Crippen MR) is 61.7 cm³/mol. The van der Waals surface area contributed by atoms with E-state index in [9.17, 15) is 4.79 Å². The summed E-state index contributed by atoms with van der Waals surface area (Å²) in [4.78, 5) is 18.2. The highest BCUT2D eigenvalue weighted by molar-refractivity contribution is 5.86. The molecule has 0 saturated carbocycles. The number of nitrogens with one attached hydrogen (secondary N) is 1. The van der Waals surface area contributed by atoms with Gasteiger partial charge in [0.05, 0.1) is 11.2 Å². The van der Waals surface area contributed by atoms with Gasteiger partial charge in [-0.3, -0.25) is 14.7 Å². The monoisotopic (exact) mass is 219 g/mol. The van der Waals surface area contributed by atoms with Crippen LogP contribution >= 0.6 is 0 Å². The van der Waals surface area contributed by atoms with Crippen LogP contribution in [-0.2, 0) is 11.3 Å². The Morgan fingerprint density at radius 3 is 3.00 bits per heavy atom. The molecule has 0 spiro atoms. The summed E-state index contributed by atoms with van der Waals surface area (Å²) in [6.45, 7) is 6.21. The average Bonchev–Trinajstić information content (AvgIpc) is 2.27. The first kappa shape index (κ1) is 11.1. The van der Waals surface area contributed by atoms with Crippen molar-refractivity contribution in [1.82, 2.24) is 15.2 Å². The number of aromatic nitrogens is 1. The Morgan fingerprint density at radius 1 is 1.50 bits per heavy atom. The van der Waals surface area contributed by atoms with E-state index in [0.717, 1.165) is 25.3 Å². The number of amides is 1. The third-order valence-corrected chi connectivity index (χ3v) is 3.09. The van der Waals surface area contributed by atoms with Gasteiger partial charge in [-0.15, -0.1) is 0 Å². The number of rotatable bonds is 2. The minimum Gasteiger partial charge on any atom is -0.353 e. The zero-order valence-corrected chi connectivity index (χ0v) is 9.73. The molecule has 1 fully saturated rings. The molecule has 2 heterocycles. The molecular formula is C12H17N3O. The fourth-order valence-corrected chi connectivity index (χ4v) is 1.91. The van der Waals surface area contributed by atoms with Crippen LogP contribution in [0.3, 0.4) is 0 Å². The van der Waals surface area contributed by atoms with E-state index in [-0.39, 0.29) is 5.91 Å². The number of carbonyl (C=O) groups is 1. The van der Waals surface area contributed by atoms with Crippen LogP contribution in [0.4, 0.5) is 0 Å². The van der Waals surface area contributed by atoms with Crippen molar-refractivity contribution in [3.8, 4) is 0 Å². The molecule has 2 rings (SSSR count). The topological polar surface area (TPSA) is 45.2 Å². The number of carbonyl (C=O) groups excluding carboxylic acids is 1. The smallest absolute Gasteiger partial charge is 0.240 e. The van der Waals surface area contributed by atoms with E-state index in [1.54, 1.807) is 6.20 Å². The van der Waals surface area contributed by atoms with Gasteiger partial charge in [-0.05, 0) is 26.0 Å². The Labute approximate surface area is 95.7 Å². The Kier molecular flexibility index (Phi) is 2.92. The third kappa shape index (κ3) is 2.07. The van der Waals surface area contributed by atoms with Gasteiger partial charge in [-0.1, -0.05) is 6.07 Å². The van der Waals surface area contributed by atoms with Crippen LogP contribution in [0.5, 0.6) is 0 Å². The maximum Gasteiger partial charge on any atom is 0.240 e. The van der Waals surface area contributed by atoms with E-state index in [1.807, 2.05) is 32.0 Å². The van der Waals surface area contributed by atoms with Crippen molar-refractivity contribution in [3.63, 3.8) is 0 Å². The molecule has 16 heavy (non-hydrogen) atoms. The standard InChI is InChI=1S/C12H17N3O/c1-12(2)11(16)14-7-8-15(12)9-10-5-3-4-6-13-10/h3-6H,7-9H2,1-2H3,(H,14,16). The minimum absolute atomic E-state index is 0.0923. The van der Waals surface area contributed by atoms with Gasteiger partial charge in [-0.2, -0.15) is 0 Å². The van der Waals surface area contributed by atoms with Gasteiger partial charge in [0.25, 0.3) is 0 Å². The maximum absolute atomic E-state index is 11.7. The van der Waals surface area contributed by atoms with Gasteiger partial charge in [0.15, 0.2) is 0 Å². The summed E-state index contributed by atoms with van der Waals surface area (Å²) in [5, 5.41) is 2.89. The van der Waals surface area contributed by atoms with Crippen LogP contribution in [0.15, 0.2) is 24.4 Å². The van der Waals surface area contributed by atoms with Crippen molar-refractivity contribution in [1.29, 1.82) is 0 Å². The SMILES string of the molecule is CC1(C)C(=O)NCCN1Cc1ccccn1. The molecule has 0 radical (unpaired) electrons. The molecule has 0 bridgehead atoms. The molecular weight excluding hydrogens is 202 g/mol. The van der Waals surface area contributed by atoms with E-state index in [0.29, 0.717) is 0 Å². The molecule has 1 aliphatic heterocycles. The highest BCUT2D eigenvalue weighted by Crippen LogP contribution is 2.19. The lowest BCUT2D eigenvalue weighted by Gasteiger charge is -2.40. The molecule has 1 aromatic rings. The number of pyridine rings is 1. The first-order chi connectivity index (χ1) is 7.60. The molecule has 86 valence electrons.